The molecule has 0 spiro atoms. The molecule has 4 fully saturated rings. The quantitative estimate of drug-likeness (QED) is 0.188. The number of aliphatic hydroxyl groups excluding tert-OH is 1. The smallest absolute Gasteiger partial charge is 0.435 e. The Morgan fingerprint density at radius 2 is 1.45 bits per heavy atom. The van der Waals surface area contributed by atoms with Crippen molar-refractivity contribution in [3.63, 3.8) is 0 Å². The minimum Gasteiger partial charge on any atom is -0.512 e. The molecule has 2 heterocycles. The van der Waals surface area contributed by atoms with Gasteiger partial charge in [0.2, 0.25) is 5.91 Å². The standard InChI is InChI=1S/C32H31F7INO5S/c1-19(42)27-10-13-28(14-11-27,15-12-27)26(43)41-16-2-9-29(47(44,45)22-6-4-21(40)5-7-22)23-8-3-20(17-24(23)46-18-25(29)41)30(33,31(34,35)36)32(37,38)39/h3-8,17,25,42H,1-2,9-16,18H2. The van der Waals surface area contributed by atoms with E-state index in [0.29, 0.717) is 48.2 Å². The van der Waals surface area contributed by atoms with Crippen LogP contribution in [0.25, 0.3) is 0 Å². The van der Waals surface area contributed by atoms with E-state index in [0.717, 1.165) is 6.07 Å². The minimum absolute atomic E-state index is 0.0730. The van der Waals surface area contributed by atoms with Crippen molar-refractivity contribution in [2.75, 3.05) is 13.2 Å². The summed E-state index contributed by atoms with van der Waals surface area (Å²) in [5.41, 5.74) is -9.10. The molecule has 6 nitrogen and oxygen atoms in total. The molecule has 1 amide bonds. The van der Waals surface area contributed by atoms with Gasteiger partial charge in [-0.15, -0.1) is 0 Å². The van der Waals surface area contributed by atoms with Gasteiger partial charge in [-0.2, -0.15) is 26.3 Å². The first kappa shape index (κ1) is 34.3. The Kier molecular flexibility index (Phi) is 8.01. The van der Waals surface area contributed by atoms with Crippen LogP contribution in [0.2, 0.25) is 0 Å². The zero-order valence-corrected chi connectivity index (χ0v) is 27.8. The molecule has 0 aromatic heterocycles. The van der Waals surface area contributed by atoms with E-state index in [1.807, 2.05) is 22.6 Å². The number of aliphatic hydroxyl groups is 1. The topological polar surface area (TPSA) is 83.9 Å². The number of alkyl halides is 7. The molecule has 7 rings (SSSR count). The lowest BCUT2D eigenvalue weighted by Gasteiger charge is -2.57. The fraction of sp³-hybridized carbons (Fsp3) is 0.531. The highest BCUT2D eigenvalue weighted by molar-refractivity contribution is 14.1. The molecule has 1 saturated heterocycles. The van der Waals surface area contributed by atoms with E-state index in [9.17, 15) is 44.7 Å². The number of carbonyl (C=O) groups excluding carboxylic acids is 1. The SMILES string of the molecule is C=C(O)C12CCC(C(=O)N3CCCC4(S(=O)(=O)c5ccc(I)cc5)c5ccc(C(F)(C(F)(F)F)C(F)(F)F)cc5OCC34)(CC1)CC2. The molecule has 0 radical (unpaired) electrons. The van der Waals surface area contributed by atoms with Gasteiger partial charge >= 0.3 is 18.0 Å². The summed E-state index contributed by atoms with van der Waals surface area (Å²) in [6.45, 7) is 3.32. The summed E-state index contributed by atoms with van der Waals surface area (Å²) < 4.78 is 131. The van der Waals surface area contributed by atoms with E-state index in [-0.39, 0.29) is 47.6 Å². The minimum atomic E-state index is -6.38. The highest BCUT2D eigenvalue weighted by Gasteiger charge is 2.74. The number of allylic oxidation sites excluding steroid dienone is 1. The van der Waals surface area contributed by atoms with Gasteiger partial charge in [-0.25, -0.2) is 12.8 Å². The van der Waals surface area contributed by atoms with Crippen molar-refractivity contribution in [2.45, 2.75) is 85.1 Å². The first-order chi connectivity index (χ1) is 21.8. The molecule has 256 valence electrons. The highest BCUT2D eigenvalue weighted by Crippen LogP contribution is 2.61. The number of likely N-dealkylation sites (tertiary alicyclic amines) is 1. The van der Waals surface area contributed by atoms with Gasteiger partial charge in [0, 0.05) is 32.1 Å². The van der Waals surface area contributed by atoms with Crippen LogP contribution in [0.1, 0.15) is 62.5 Å². The van der Waals surface area contributed by atoms with Crippen LogP contribution in [0.15, 0.2) is 59.7 Å². The van der Waals surface area contributed by atoms with Crippen molar-refractivity contribution >= 4 is 38.3 Å². The van der Waals surface area contributed by atoms with E-state index >= 15 is 4.39 Å². The molecule has 2 bridgehead atoms. The number of rotatable bonds is 5. The molecular formula is C32H31F7INO5S. The second-order valence-electron chi connectivity index (χ2n) is 13.1. The molecule has 3 aliphatic carbocycles. The molecule has 2 aliphatic heterocycles. The van der Waals surface area contributed by atoms with Gasteiger partial charge in [-0.1, -0.05) is 18.7 Å². The maximum atomic E-state index is 15.1. The van der Waals surface area contributed by atoms with Crippen LogP contribution in [0, 0.1) is 14.4 Å². The average molecular weight is 802 g/mol. The van der Waals surface area contributed by atoms with Gasteiger partial charge in [0.15, 0.2) is 9.84 Å². The molecular weight excluding hydrogens is 770 g/mol. The van der Waals surface area contributed by atoms with E-state index < -0.39 is 67.4 Å². The predicted molar refractivity (Wildman–Crippen MR) is 164 cm³/mol. The Bertz CT molecular complexity index is 1690. The molecule has 2 unspecified atom stereocenters. The lowest BCUT2D eigenvalue weighted by Crippen LogP contribution is -2.66. The fourth-order valence-corrected chi connectivity index (χ4v) is 11.0. The van der Waals surface area contributed by atoms with Gasteiger partial charge in [-0.05, 0) is 104 Å². The van der Waals surface area contributed by atoms with Crippen molar-refractivity contribution in [2.24, 2.45) is 10.8 Å². The van der Waals surface area contributed by atoms with Crippen LogP contribution >= 0.6 is 22.6 Å². The summed E-state index contributed by atoms with van der Waals surface area (Å²) in [7, 11) is -4.51. The van der Waals surface area contributed by atoms with Gasteiger partial charge in [0.1, 0.15) is 17.1 Å². The first-order valence-electron chi connectivity index (χ1n) is 15.1. The molecule has 47 heavy (non-hydrogen) atoms. The third kappa shape index (κ3) is 4.82. The summed E-state index contributed by atoms with van der Waals surface area (Å²) in [4.78, 5) is 15.8. The number of hydrogen-bond donors (Lipinski definition) is 1. The van der Waals surface area contributed by atoms with E-state index in [1.165, 1.54) is 17.0 Å². The third-order valence-electron chi connectivity index (χ3n) is 11.1. The summed E-state index contributed by atoms with van der Waals surface area (Å²) >= 11 is 1.98. The predicted octanol–water partition coefficient (Wildman–Crippen LogP) is 8.05. The molecule has 2 aromatic rings. The summed E-state index contributed by atoms with van der Waals surface area (Å²) in [5, 5.41) is 10.3. The van der Waals surface area contributed by atoms with Crippen LogP contribution in [0.4, 0.5) is 30.7 Å². The van der Waals surface area contributed by atoms with Gasteiger partial charge in [0.25, 0.3) is 0 Å². The zero-order valence-electron chi connectivity index (χ0n) is 24.9. The van der Waals surface area contributed by atoms with Crippen molar-refractivity contribution < 1.29 is 53.8 Å². The number of piperidine rings is 1. The summed E-state index contributed by atoms with van der Waals surface area (Å²) in [6.07, 6.45) is -9.88. The Morgan fingerprint density at radius 1 is 0.894 bits per heavy atom. The maximum Gasteiger partial charge on any atom is 0.435 e. The Hall–Kier alpha value is -2.56. The number of nitrogens with zero attached hydrogens (tertiary/aromatic N) is 1. The number of hydrogen-bond acceptors (Lipinski definition) is 5. The number of sulfone groups is 1. The van der Waals surface area contributed by atoms with Crippen molar-refractivity contribution in [3.8, 4) is 5.75 Å². The molecule has 5 aliphatic rings. The van der Waals surface area contributed by atoms with Crippen molar-refractivity contribution in [1.29, 1.82) is 0 Å². The highest BCUT2D eigenvalue weighted by atomic mass is 127. The van der Waals surface area contributed by atoms with Gasteiger partial charge in [-0.3, -0.25) is 4.79 Å². The zero-order chi connectivity index (χ0) is 34.4. The molecule has 2 atom stereocenters. The maximum absolute atomic E-state index is 15.1. The van der Waals surface area contributed by atoms with Crippen molar-refractivity contribution in [1.82, 2.24) is 4.90 Å². The largest absolute Gasteiger partial charge is 0.512 e. The van der Waals surface area contributed by atoms with Gasteiger partial charge < -0.3 is 14.7 Å². The Labute approximate surface area is 280 Å². The second-order valence-corrected chi connectivity index (χ2v) is 16.6. The lowest BCUT2D eigenvalue weighted by atomic mass is 9.52. The number of amides is 1. The number of benzene rings is 2. The fourth-order valence-electron chi connectivity index (χ4n) is 8.26. The number of fused-ring (bicyclic) bond motifs is 6. The van der Waals surface area contributed by atoms with Crippen LogP contribution < -0.4 is 4.74 Å². The Morgan fingerprint density at radius 3 is 1.98 bits per heavy atom. The molecule has 2 aromatic carbocycles. The number of carbonyl (C=O) groups is 1. The molecule has 3 saturated carbocycles. The van der Waals surface area contributed by atoms with E-state index in [2.05, 4.69) is 6.58 Å². The third-order valence-corrected chi connectivity index (χ3v) is 14.3. The van der Waals surface area contributed by atoms with Crippen LogP contribution in [-0.2, 0) is 25.0 Å². The van der Waals surface area contributed by atoms with Crippen molar-refractivity contribution in [3.05, 3.63) is 69.5 Å². The normalized spacial score (nSPS) is 29.4. The lowest BCUT2D eigenvalue weighted by molar-refractivity contribution is -0.348. The van der Waals surface area contributed by atoms with Crippen LogP contribution in [-0.4, -0.2) is 55.9 Å². The van der Waals surface area contributed by atoms with E-state index in [4.69, 9.17) is 4.74 Å². The summed E-state index contributed by atoms with van der Waals surface area (Å²) in [5.74, 6) is -0.858. The van der Waals surface area contributed by atoms with Gasteiger partial charge in [0.05, 0.1) is 16.7 Å². The van der Waals surface area contributed by atoms with Crippen LogP contribution in [0.3, 0.4) is 0 Å². The number of ether oxygens (including phenoxy) is 1. The van der Waals surface area contributed by atoms with E-state index in [1.54, 1.807) is 12.1 Å². The second kappa shape index (κ2) is 11.0. The average Bonchev–Trinajstić information content (AvgIpc) is 3.03. The summed E-state index contributed by atoms with van der Waals surface area (Å²) in [6, 6.07) is 5.96. The molecule has 15 heteroatoms. The first-order valence-corrected chi connectivity index (χ1v) is 17.6. The number of halogens is 8. The monoisotopic (exact) mass is 801 g/mol. The molecule has 1 N–H and O–H groups in total. The van der Waals surface area contributed by atoms with Crippen LogP contribution in [0.5, 0.6) is 5.75 Å². The Balaban J connectivity index is 1.49.